The highest BCUT2D eigenvalue weighted by Crippen LogP contribution is 2.14. The number of hydrogen-bond acceptors (Lipinski definition) is 4. The molecule has 1 N–H and O–H groups in total. The van der Waals surface area contributed by atoms with Crippen LogP contribution in [0.25, 0.3) is 0 Å². The molecule has 0 saturated carbocycles. The minimum Gasteiger partial charge on any atom is -0.241 e. The Kier molecular flexibility index (Phi) is 3.80. The molecule has 0 aromatic carbocycles. The fourth-order valence-electron chi connectivity index (χ4n) is 0.952. The summed E-state index contributed by atoms with van der Waals surface area (Å²) in [4.78, 5) is 3.47. The van der Waals surface area contributed by atoms with Gasteiger partial charge in [-0.25, -0.2) is 22.5 Å². The predicted octanol–water partition coefficient (Wildman–Crippen LogP) is 1.05. The van der Waals surface area contributed by atoms with Gasteiger partial charge in [-0.2, -0.15) is 5.26 Å². The number of aromatic nitrogens is 1. The van der Waals surface area contributed by atoms with Crippen LogP contribution in [0.5, 0.6) is 0 Å². The maximum Gasteiger partial charge on any atom is 0.261 e. The van der Waals surface area contributed by atoms with Crippen molar-refractivity contribution in [2.45, 2.75) is 18.9 Å². The van der Waals surface area contributed by atoms with Crippen molar-refractivity contribution in [1.29, 1.82) is 5.26 Å². The van der Waals surface area contributed by atoms with Crippen LogP contribution in [-0.2, 0) is 10.0 Å². The van der Waals surface area contributed by atoms with Crippen LogP contribution < -0.4 is 4.72 Å². The first-order valence-corrected chi connectivity index (χ1v) is 6.28. The zero-order valence-corrected chi connectivity index (χ0v) is 10.3. The minimum absolute atomic E-state index is 0.109. The summed E-state index contributed by atoms with van der Waals surface area (Å²) in [6, 6.07) is 4.25. The molecule has 0 amide bonds. The van der Waals surface area contributed by atoms with Gasteiger partial charge < -0.3 is 0 Å². The van der Waals surface area contributed by atoms with Crippen LogP contribution in [0.4, 0.5) is 4.39 Å². The molecule has 1 heterocycles. The summed E-state index contributed by atoms with van der Waals surface area (Å²) < 4.78 is 38.8. The lowest BCUT2D eigenvalue weighted by Gasteiger charge is -2.15. The molecule has 0 bridgehead atoms. The van der Waals surface area contributed by atoms with Crippen molar-refractivity contribution in [3.05, 3.63) is 24.1 Å². The van der Waals surface area contributed by atoms with Crippen LogP contribution in [0.3, 0.4) is 0 Å². The molecule has 0 atom stereocenters. The van der Waals surface area contributed by atoms with Crippen molar-refractivity contribution in [3.8, 4) is 6.07 Å². The molecule has 0 radical (unpaired) electrons. The Morgan fingerprint density at radius 3 is 2.76 bits per heavy atom. The van der Waals surface area contributed by atoms with E-state index in [0.29, 0.717) is 0 Å². The second kappa shape index (κ2) is 4.77. The number of sulfonamides is 1. The molecule has 0 spiro atoms. The lowest BCUT2D eigenvalue weighted by Crippen LogP contribution is -2.34. The number of nitrogens with zero attached hydrogens (tertiary/aromatic N) is 2. The molecule has 0 saturated heterocycles. The van der Waals surface area contributed by atoms with Gasteiger partial charge in [0.25, 0.3) is 10.0 Å². The Labute approximate surface area is 99.3 Å². The molecule has 5 nitrogen and oxygen atoms in total. The molecular weight excluding hydrogens is 245 g/mol. The van der Waals surface area contributed by atoms with E-state index in [2.05, 4.69) is 9.71 Å². The van der Waals surface area contributed by atoms with E-state index in [1.807, 2.05) is 6.07 Å². The first-order chi connectivity index (χ1) is 7.78. The first kappa shape index (κ1) is 13.5. The van der Waals surface area contributed by atoms with Crippen LogP contribution in [0.15, 0.2) is 23.4 Å². The monoisotopic (exact) mass is 257 g/mol. The SMILES string of the molecule is CC(C)(C#N)CNS(=O)(=O)c1ncccc1F. The molecule has 7 heteroatoms. The molecule has 92 valence electrons. The van der Waals surface area contributed by atoms with Crippen molar-refractivity contribution >= 4 is 10.0 Å². The fourth-order valence-corrected chi connectivity index (χ4v) is 2.16. The van der Waals surface area contributed by atoms with E-state index in [4.69, 9.17) is 5.26 Å². The maximum atomic E-state index is 13.2. The zero-order valence-electron chi connectivity index (χ0n) is 9.44. The highest BCUT2D eigenvalue weighted by Gasteiger charge is 2.24. The molecule has 1 aromatic heterocycles. The van der Waals surface area contributed by atoms with E-state index in [1.54, 1.807) is 13.8 Å². The van der Waals surface area contributed by atoms with Gasteiger partial charge >= 0.3 is 0 Å². The number of halogens is 1. The molecule has 0 unspecified atom stereocenters. The summed E-state index contributed by atoms with van der Waals surface area (Å²) in [6.45, 7) is 3.04. The second-order valence-corrected chi connectivity index (χ2v) is 5.79. The molecule has 1 rings (SSSR count). The molecular formula is C10H12FN3O2S. The van der Waals surface area contributed by atoms with E-state index < -0.39 is 26.3 Å². The smallest absolute Gasteiger partial charge is 0.241 e. The van der Waals surface area contributed by atoms with Gasteiger partial charge in [-0.05, 0) is 26.0 Å². The van der Waals surface area contributed by atoms with E-state index in [9.17, 15) is 12.8 Å². The van der Waals surface area contributed by atoms with Crippen molar-refractivity contribution in [2.24, 2.45) is 5.41 Å². The van der Waals surface area contributed by atoms with Crippen molar-refractivity contribution in [3.63, 3.8) is 0 Å². The molecule has 0 aliphatic carbocycles. The van der Waals surface area contributed by atoms with Gasteiger partial charge in [0.15, 0.2) is 5.82 Å². The summed E-state index contributed by atoms with van der Waals surface area (Å²) in [5, 5.41) is 8.08. The van der Waals surface area contributed by atoms with Crippen LogP contribution in [0, 0.1) is 22.6 Å². The average Bonchev–Trinajstić information content (AvgIpc) is 2.27. The van der Waals surface area contributed by atoms with Crippen LogP contribution in [0.1, 0.15) is 13.8 Å². The number of hydrogen-bond donors (Lipinski definition) is 1. The minimum atomic E-state index is -4.02. The third kappa shape index (κ3) is 3.47. The molecule has 0 aliphatic heterocycles. The zero-order chi connectivity index (χ0) is 13.1. The Hall–Kier alpha value is -1.52. The highest BCUT2D eigenvalue weighted by atomic mass is 32.2. The highest BCUT2D eigenvalue weighted by molar-refractivity contribution is 7.89. The van der Waals surface area contributed by atoms with Crippen molar-refractivity contribution < 1.29 is 12.8 Å². The lowest BCUT2D eigenvalue weighted by atomic mass is 9.97. The standard InChI is InChI=1S/C10H12FN3O2S/c1-10(2,6-12)7-14-17(15,16)9-8(11)4-3-5-13-9/h3-5,14H,7H2,1-2H3. The normalized spacial score (nSPS) is 12.1. The average molecular weight is 257 g/mol. The molecule has 17 heavy (non-hydrogen) atoms. The number of rotatable bonds is 4. The first-order valence-electron chi connectivity index (χ1n) is 4.80. The second-order valence-electron chi connectivity index (χ2n) is 4.11. The fraction of sp³-hybridized carbons (Fsp3) is 0.400. The Balaban J connectivity index is 2.92. The van der Waals surface area contributed by atoms with Crippen LogP contribution in [0.2, 0.25) is 0 Å². The third-order valence-corrected chi connectivity index (χ3v) is 3.32. The van der Waals surface area contributed by atoms with E-state index in [-0.39, 0.29) is 6.54 Å². The quantitative estimate of drug-likeness (QED) is 0.873. The van der Waals surface area contributed by atoms with Gasteiger partial charge in [0.2, 0.25) is 5.03 Å². The Morgan fingerprint density at radius 1 is 1.59 bits per heavy atom. The predicted molar refractivity (Wildman–Crippen MR) is 58.8 cm³/mol. The van der Waals surface area contributed by atoms with Gasteiger partial charge in [0.1, 0.15) is 0 Å². The van der Waals surface area contributed by atoms with Gasteiger partial charge in [-0.3, -0.25) is 0 Å². The topological polar surface area (TPSA) is 82.9 Å². The van der Waals surface area contributed by atoms with E-state index in [1.165, 1.54) is 12.3 Å². The summed E-state index contributed by atoms with van der Waals surface area (Å²) in [7, 11) is -4.02. The Morgan fingerprint density at radius 2 is 2.24 bits per heavy atom. The summed E-state index contributed by atoms with van der Waals surface area (Å²) >= 11 is 0. The summed E-state index contributed by atoms with van der Waals surface area (Å²) in [5.41, 5.74) is -0.863. The maximum absolute atomic E-state index is 13.2. The van der Waals surface area contributed by atoms with Crippen molar-refractivity contribution in [1.82, 2.24) is 9.71 Å². The Bertz CT molecular complexity index is 549. The van der Waals surface area contributed by atoms with Crippen LogP contribution in [-0.4, -0.2) is 19.9 Å². The number of nitriles is 1. The van der Waals surface area contributed by atoms with Gasteiger partial charge in [-0.15, -0.1) is 0 Å². The van der Waals surface area contributed by atoms with Gasteiger partial charge in [0, 0.05) is 12.7 Å². The summed E-state index contributed by atoms with van der Waals surface area (Å²) in [6.07, 6.45) is 1.19. The number of pyridine rings is 1. The molecule has 1 aromatic rings. The summed E-state index contributed by atoms with van der Waals surface area (Å²) in [5.74, 6) is -0.922. The van der Waals surface area contributed by atoms with Gasteiger partial charge in [0.05, 0.1) is 11.5 Å². The molecule has 0 fully saturated rings. The van der Waals surface area contributed by atoms with E-state index >= 15 is 0 Å². The van der Waals surface area contributed by atoms with Crippen LogP contribution >= 0.6 is 0 Å². The molecule has 0 aliphatic rings. The largest absolute Gasteiger partial charge is 0.261 e. The van der Waals surface area contributed by atoms with Crippen molar-refractivity contribution in [2.75, 3.05) is 6.54 Å². The lowest BCUT2D eigenvalue weighted by molar-refractivity contribution is 0.474. The number of nitrogens with one attached hydrogen (secondary N) is 1. The van der Waals surface area contributed by atoms with Gasteiger partial charge in [-0.1, -0.05) is 0 Å². The van der Waals surface area contributed by atoms with E-state index in [0.717, 1.165) is 6.07 Å². The third-order valence-electron chi connectivity index (χ3n) is 1.99.